The Hall–Kier alpha value is -1.77. The molecule has 0 aliphatic carbocycles. The molecule has 3 rings (SSSR count). The largest absolute Gasteiger partial charge is 0.487 e. The van der Waals surface area contributed by atoms with E-state index in [-0.39, 0.29) is 17.3 Å². The number of benzene rings is 1. The first-order chi connectivity index (χ1) is 11.5. The number of fused-ring (bicyclic) bond motifs is 1. The van der Waals surface area contributed by atoms with E-state index in [0.29, 0.717) is 29.2 Å². The summed E-state index contributed by atoms with van der Waals surface area (Å²) in [5.41, 5.74) is 7.80. The van der Waals surface area contributed by atoms with Crippen LogP contribution in [-0.2, 0) is 17.1 Å². The van der Waals surface area contributed by atoms with Gasteiger partial charge in [-0.2, -0.15) is 5.10 Å². The highest BCUT2D eigenvalue weighted by molar-refractivity contribution is 7.89. The van der Waals surface area contributed by atoms with Gasteiger partial charge in [0.15, 0.2) is 0 Å². The van der Waals surface area contributed by atoms with E-state index in [4.69, 9.17) is 10.5 Å². The maximum atomic E-state index is 13.0. The van der Waals surface area contributed by atoms with Crippen molar-refractivity contribution in [3.05, 3.63) is 35.2 Å². The Kier molecular flexibility index (Phi) is 5.34. The minimum absolute atomic E-state index is 0. The minimum Gasteiger partial charge on any atom is -0.487 e. The van der Waals surface area contributed by atoms with Crippen molar-refractivity contribution < 1.29 is 13.2 Å². The van der Waals surface area contributed by atoms with E-state index in [1.807, 2.05) is 13.8 Å². The first-order valence-electron chi connectivity index (χ1n) is 8.11. The molecule has 1 aromatic heterocycles. The molecule has 1 atom stereocenters. The van der Waals surface area contributed by atoms with Crippen molar-refractivity contribution in [2.45, 2.75) is 50.7 Å². The third-order valence-electron chi connectivity index (χ3n) is 4.50. The Balaban J connectivity index is 0.00000243. The topological polar surface area (TPSA) is 99.2 Å². The molecule has 0 saturated heterocycles. The van der Waals surface area contributed by atoms with Crippen molar-refractivity contribution in [2.75, 3.05) is 5.73 Å². The van der Waals surface area contributed by atoms with E-state index in [1.165, 1.54) is 0 Å². The molecule has 0 radical (unpaired) electrons. The predicted molar refractivity (Wildman–Crippen MR) is 103 cm³/mol. The van der Waals surface area contributed by atoms with E-state index in [0.717, 1.165) is 5.56 Å². The number of nitrogens with one attached hydrogen (secondary N) is 1. The lowest BCUT2D eigenvalue weighted by molar-refractivity contribution is 0.0702. The summed E-state index contributed by atoms with van der Waals surface area (Å²) in [6.45, 7) is 7.32. The average Bonchev–Trinajstić information content (AvgIpc) is 2.72. The summed E-state index contributed by atoms with van der Waals surface area (Å²) < 4.78 is 36.4. The molecule has 7 nitrogen and oxygen atoms in total. The highest BCUT2D eigenvalue weighted by Gasteiger charge is 2.37. The van der Waals surface area contributed by atoms with Gasteiger partial charge in [-0.15, -0.1) is 12.4 Å². The number of nitrogen functional groups attached to an aromatic ring is 1. The van der Waals surface area contributed by atoms with E-state index < -0.39 is 21.7 Å². The van der Waals surface area contributed by atoms with Crippen molar-refractivity contribution in [3.63, 3.8) is 0 Å². The Bertz CT molecular complexity index is 938. The number of rotatable bonds is 3. The van der Waals surface area contributed by atoms with Crippen LogP contribution in [0.4, 0.5) is 5.69 Å². The molecular formula is C17H25ClN4O3S. The number of halogens is 1. The number of ether oxygens (including phenoxy) is 1. The van der Waals surface area contributed by atoms with Crippen molar-refractivity contribution in [3.8, 4) is 5.75 Å². The van der Waals surface area contributed by atoms with Crippen LogP contribution in [-0.4, -0.2) is 23.8 Å². The number of sulfonamides is 1. The average molecular weight is 401 g/mol. The van der Waals surface area contributed by atoms with Gasteiger partial charge in [-0.25, -0.2) is 13.1 Å². The number of hydrogen-bond acceptors (Lipinski definition) is 5. The highest BCUT2D eigenvalue weighted by atomic mass is 35.5. The maximum Gasteiger partial charge on any atom is 0.244 e. The monoisotopic (exact) mass is 400 g/mol. The van der Waals surface area contributed by atoms with Crippen LogP contribution in [0.5, 0.6) is 5.75 Å². The Morgan fingerprint density at radius 2 is 2.00 bits per heavy atom. The minimum atomic E-state index is -3.74. The quantitative estimate of drug-likeness (QED) is 0.771. The third kappa shape index (κ3) is 3.67. The first-order valence-corrected chi connectivity index (χ1v) is 9.59. The number of nitrogens with two attached hydrogens (primary N) is 1. The summed E-state index contributed by atoms with van der Waals surface area (Å²) >= 11 is 0. The normalized spacial score (nSPS) is 18.6. The van der Waals surface area contributed by atoms with Gasteiger partial charge in [-0.3, -0.25) is 4.68 Å². The number of anilines is 1. The van der Waals surface area contributed by atoms with Crippen LogP contribution in [0, 0.1) is 13.8 Å². The summed E-state index contributed by atoms with van der Waals surface area (Å²) in [5, 5.41) is 4.21. The predicted octanol–water partition coefficient (Wildman–Crippen LogP) is 2.62. The first kappa shape index (κ1) is 20.5. The Labute approximate surface area is 160 Å². The molecule has 2 heterocycles. The van der Waals surface area contributed by atoms with Crippen molar-refractivity contribution in [1.29, 1.82) is 0 Å². The Morgan fingerprint density at radius 3 is 2.58 bits per heavy atom. The van der Waals surface area contributed by atoms with Gasteiger partial charge in [0.25, 0.3) is 0 Å². The van der Waals surface area contributed by atoms with E-state index >= 15 is 0 Å². The molecule has 0 amide bonds. The molecule has 0 saturated carbocycles. The molecule has 2 aromatic rings. The summed E-state index contributed by atoms with van der Waals surface area (Å²) in [5.74, 6) is 0.651. The second-order valence-electron chi connectivity index (χ2n) is 7.16. The van der Waals surface area contributed by atoms with E-state index in [9.17, 15) is 8.42 Å². The number of hydrogen-bond donors (Lipinski definition) is 2. The molecule has 1 unspecified atom stereocenters. The maximum absolute atomic E-state index is 13.0. The number of aromatic nitrogens is 2. The van der Waals surface area contributed by atoms with Crippen LogP contribution in [0.2, 0.25) is 0 Å². The lowest BCUT2D eigenvalue weighted by Gasteiger charge is -2.37. The summed E-state index contributed by atoms with van der Waals surface area (Å²) in [6.07, 6.45) is 0.501. The molecule has 1 aliphatic rings. The smallest absolute Gasteiger partial charge is 0.244 e. The zero-order valence-corrected chi connectivity index (χ0v) is 17.2. The van der Waals surface area contributed by atoms with Crippen LogP contribution in [0.15, 0.2) is 23.1 Å². The summed E-state index contributed by atoms with van der Waals surface area (Å²) in [7, 11) is -2.00. The molecular weight excluding hydrogens is 376 g/mol. The van der Waals surface area contributed by atoms with Gasteiger partial charge in [-0.05, 0) is 45.9 Å². The number of aryl methyl sites for hydroxylation is 2. The molecule has 0 bridgehead atoms. The van der Waals surface area contributed by atoms with Gasteiger partial charge in [-0.1, -0.05) is 0 Å². The second kappa shape index (κ2) is 6.75. The summed E-state index contributed by atoms with van der Waals surface area (Å²) in [4.78, 5) is 0.227. The molecule has 9 heteroatoms. The fraction of sp³-hybridized carbons (Fsp3) is 0.471. The molecule has 26 heavy (non-hydrogen) atoms. The molecule has 1 aliphatic heterocycles. The van der Waals surface area contributed by atoms with E-state index in [2.05, 4.69) is 9.82 Å². The van der Waals surface area contributed by atoms with Crippen LogP contribution in [0.25, 0.3) is 0 Å². The van der Waals surface area contributed by atoms with Crippen molar-refractivity contribution in [2.24, 2.45) is 7.05 Å². The van der Waals surface area contributed by atoms with E-state index in [1.54, 1.807) is 43.8 Å². The van der Waals surface area contributed by atoms with Crippen LogP contribution >= 0.6 is 12.4 Å². The fourth-order valence-electron chi connectivity index (χ4n) is 3.37. The summed E-state index contributed by atoms with van der Waals surface area (Å²) in [6, 6.07) is 4.88. The van der Waals surface area contributed by atoms with Crippen molar-refractivity contribution >= 4 is 28.1 Å². The molecule has 1 aromatic carbocycles. The van der Waals surface area contributed by atoms with Gasteiger partial charge in [0.2, 0.25) is 10.0 Å². The van der Waals surface area contributed by atoms with Crippen LogP contribution in [0.3, 0.4) is 0 Å². The third-order valence-corrected chi connectivity index (χ3v) is 6.22. The lowest BCUT2D eigenvalue weighted by Crippen LogP contribution is -2.41. The van der Waals surface area contributed by atoms with Gasteiger partial charge in [0, 0.05) is 24.7 Å². The standard InChI is InChI=1S/C17H24N4O3S.ClH/c1-10-16(11(2)21(5)19-10)25(22,23)20-14-9-17(3,4)24-15-7-6-12(18)8-13(14)15;/h6-8,14,20H,9,18H2,1-5H3;1H. The van der Waals surface area contributed by atoms with Gasteiger partial charge in [0.05, 0.1) is 17.4 Å². The zero-order valence-electron chi connectivity index (χ0n) is 15.5. The highest BCUT2D eigenvalue weighted by Crippen LogP contribution is 2.41. The zero-order chi connectivity index (χ0) is 18.6. The van der Waals surface area contributed by atoms with Gasteiger partial charge < -0.3 is 10.5 Å². The Morgan fingerprint density at radius 1 is 1.35 bits per heavy atom. The number of nitrogens with zero attached hydrogens (tertiary/aromatic N) is 2. The molecule has 0 spiro atoms. The SMILES string of the molecule is Cc1nn(C)c(C)c1S(=O)(=O)NC1CC(C)(C)Oc2ccc(N)cc21.Cl. The molecule has 0 fully saturated rings. The van der Waals surface area contributed by atoms with Crippen molar-refractivity contribution in [1.82, 2.24) is 14.5 Å². The lowest BCUT2D eigenvalue weighted by atomic mass is 9.90. The van der Waals surface area contributed by atoms with Gasteiger partial charge >= 0.3 is 0 Å². The second-order valence-corrected chi connectivity index (χ2v) is 8.81. The molecule has 144 valence electrons. The van der Waals surface area contributed by atoms with Crippen LogP contribution < -0.4 is 15.2 Å². The van der Waals surface area contributed by atoms with Crippen LogP contribution in [0.1, 0.15) is 43.3 Å². The fourth-order valence-corrected chi connectivity index (χ4v) is 5.02. The van der Waals surface area contributed by atoms with Gasteiger partial charge in [0.1, 0.15) is 16.2 Å². The molecule has 3 N–H and O–H groups in total.